The van der Waals surface area contributed by atoms with E-state index in [-0.39, 0.29) is 0 Å². The molecule has 2 aliphatic heterocycles. The van der Waals surface area contributed by atoms with Crippen molar-refractivity contribution < 1.29 is 4.42 Å². The number of rotatable bonds is 4. The molecule has 4 nitrogen and oxygen atoms in total. The van der Waals surface area contributed by atoms with Gasteiger partial charge in [-0.15, -0.1) is 0 Å². The van der Waals surface area contributed by atoms with Crippen molar-refractivity contribution in [2.45, 2.75) is 0 Å². The summed E-state index contributed by atoms with van der Waals surface area (Å²) in [4.78, 5) is 13.4. The Kier molecular flexibility index (Phi) is 5.42. The van der Waals surface area contributed by atoms with Gasteiger partial charge >= 0.3 is 0 Å². The summed E-state index contributed by atoms with van der Waals surface area (Å²) in [6, 6.07) is 39.9. The third kappa shape index (κ3) is 4.05. The van der Waals surface area contributed by atoms with E-state index in [1.807, 2.05) is 73.3 Å². The molecule has 0 fully saturated rings. The lowest BCUT2D eigenvalue weighted by molar-refractivity contribution is 0.622. The molecule has 0 radical (unpaired) electrons. The van der Waals surface area contributed by atoms with Gasteiger partial charge in [0.15, 0.2) is 0 Å². The topological polar surface area (TPSA) is 51.8 Å². The third-order valence-corrected chi connectivity index (χ3v) is 7.66. The number of pyridine rings is 2. The van der Waals surface area contributed by atoms with Crippen molar-refractivity contribution in [2.24, 2.45) is 0 Å². The smallest absolute Gasteiger partial charge is 0.144 e. The van der Waals surface area contributed by atoms with Crippen molar-refractivity contribution in [3.05, 3.63) is 140 Å². The molecule has 192 valence electrons. The van der Waals surface area contributed by atoms with Crippen molar-refractivity contribution >= 4 is 21.9 Å². The third-order valence-electron chi connectivity index (χ3n) is 7.66. The first-order valence-corrected chi connectivity index (χ1v) is 13.6. The number of nitrogens with zero attached hydrogens (tertiary/aromatic N) is 3. The highest BCUT2D eigenvalue weighted by Gasteiger charge is 2.23. The number of para-hydroxylation sites is 2. The summed E-state index contributed by atoms with van der Waals surface area (Å²) in [5, 5.41) is 2.12. The van der Waals surface area contributed by atoms with Gasteiger partial charge in [-0.1, -0.05) is 54.6 Å². The summed E-state index contributed by atoms with van der Waals surface area (Å²) < 4.78 is 6.58. The Balaban J connectivity index is 1.28. The molecule has 0 bridgehead atoms. The van der Waals surface area contributed by atoms with Crippen molar-refractivity contribution in [3.8, 4) is 56.0 Å². The summed E-state index contributed by atoms with van der Waals surface area (Å²) in [7, 11) is 0. The molecule has 0 spiro atoms. The number of hydrogen-bond acceptors (Lipinski definition) is 4. The highest BCUT2D eigenvalue weighted by Crippen LogP contribution is 2.44. The minimum Gasteiger partial charge on any atom is -0.455 e. The van der Waals surface area contributed by atoms with Gasteiger partial charge in [-0.2, -0.15) is 0 Å². The van der Waals surface area contributed by atoms with Crippen LogP contribution in [0.1, 0.15) is 0 Å². The van der Waals surface area contributed by atoms with Crippen LogP contribution in [0.5, 0.6) is 0 Å². The van der Waals surface area contributed by atoms with Crippen molar-refractivity contribution in [2.75, 3.05) is 0 Å². The summed E-state index contributed by atoms with van der Waals surface area (Å²) in [6.45, 7) is 0. The summed E-state index contributed by atoms with van der Waals surface area (Å²) in [6.07, 6.45) is 7.33. The SMILES string of the molecule is c1ccc2c3c(-c4ccc(-c5cc(-c6ccncc6)cc(-c6ccncc6)c5)cc4)oc4ccccc4c-3nc2c1. The fraction of sp³-hybridized carbons (Fsp3) is 0. The molecule has 0 saturated carbocycles. The van der Waals surface area contributed by atoms with E-state index < -0.39 is 0 Å². The molecule has 0 aliphatic carbocycles. The molecule has 4 heteroatoms. The van der Waals surface area contributed by atoms with Crippen LogP contribution in [-0.2, 0) is 0 Å². The summed E-state index contributed by atoms with van der Waals surface area (Å²) in [5.41, 5.74) is 11.6. The molecule has 6 aromatic rings. The zero-order valence-electron chi connectivity index (χ0n) is 22.0. The van der Waals surface area contributed by atoms with Crippen LogP contribution in [0, 0.1) is 0 Å². The highest BCUT2D eigenvalue weighted by molar-refractivity contribution is 6.10. The average molecular weight is 526 g/mol. The van der Waals surface area contributed by atoms with E-state index in [0.29, 0.717) is 0 Å². The van der Waals surface area contributed by atoms with Crippen LogP contribution in [-0.4, -0.2) is 15.0 Å². The zero-order valence-corrected chi connectivity index (χ0v) is 22.0. The van der Waals surface area contributed by atoms with Crippen LogP contribution < -0.4 is 0 Å². The molecule has 0 atom stereocenters. The van der Waals surface area contributed by atoms with Gasteiger partial charge in [0.05, 0.1) is 16.8 Å². The number of fused-ring (bicyclic) bond motifs is 5. The van der Waals surface area contributed by atoms with Gasteiger partial charge in [0.1, 0.15) is 11.3 Å². The molecule has 0 unspecified atom stereocenters. The Bertz CT molecular complexity index is 2070. The Labute approximate surface area is 237 Å². The molecular weight excluding hydrogens is 502 g/mol. The first-order chi connectivity index (χ1) is 20.3. The molecule has 0 saturated heterocycles. The van der Waals surface area contributed by atoms with E-state index in [1.165, 1.54) is 0 Å². The van der Waals surface area contributed by atoms with Gasteiger partial charge in [-0.05, 0) is 94.0 Å². The monoisotopic (exact) mass is 525 g/mol. The number of benzene rings is 4. The molecule has 4 aromatic carbocycles. The van der Waals surface area contributed by atoms with Gasteiger partial charge in [0.2, 0.25) is 0 Å². The maximum absolute atomic E-state index is 6.58. The predicted molar refractivity (Wildman–Crippen MR) is 165 cm³/mol. The highest BCUT2D eigenvalue weighted by atomic mass is 16.3. The summed E-state index contributed by atoms with van der Waals surface area (Å²) in [5.74, 6) is 0.835. The van der Waals surface area contributed by atoms with Crippen LogP contribution in [0.25, 0.3) is 77.8 Å². The first-order valence-electron chi connectivity index (χ1n) is 13.6. The Hall–Kier alpha value is -5.61. The lowest BCUT2D eigenvalue weighted by atomic mass is 9.93. The molecule has 2 aliphatic rings. The van der Waals surface area contributed by atoms with Crippen LogP contribution >= 0.6 is 0 Å². The fourth-order valence-corrected chi connectivity index (χ4v) is 5.66. The van der Waals surface area contributed by atoms with E-state index in [4.69, 9.17) is 9.40 Å². The molecule has 0 N–H and O–H groups in total. The Morgan fingerprint density at radius 1 is 0.439 bits per heavy atom. The molecule has 2 aromatic heterocycles. The van der Waals surface area contributed by atoms with Crippen LogP contribution in [0.15, 0.2) is 144 Å². The second kappa shape index (κ2) is 9.54. The largest absolute Gasteiger partial charge is 0.455 e. The van der Waals surface area contributed by atoms with Gasteiger partial charge < -0.3 is 4.42 Å². The lowest BCUT2D eigenvalue weighted by Crippen LogP contribution is -1.89. The van der Waals surface area contributed by atoms with E-state index in [0.717, 1.165) is 77.8 Å². The van der Waals surface area contributed by atoms with Gasteiger partial charge in [0.25, 0.3) is 0 Å². The van der Waals surface area contributed by atoms with Gasteiger partial charge in [0, 0.05) is 41.1 Å². The quantitative estimate of drug-likeness (QED) is 0.230. The lowest BCUT2D eigenvalue weighted by Gasteiger charge is -2.13. The molecular formula is C37H23N3O. The second-order valence-electron chi connectivity index (χ2n) is 10.1. The maximum Gasteiger partial charge on any atom is 0.144 e. The van der Waals surface area contributed by atoms with Gasteiger partial charge in [-0.3, -0.25) is 9.97 Å². The fourth-order valence-electron chi connectivity index (χ4n) is 5.66. The minimum atomic E-state index is 0.828. The Morgan fingerprint density at radius 2 is 0.951 bits per heavy atom. The van der Waals surface area contributed by atoms with Crippen molar-refractivity contribution in [3.63, 3.8) is 0 Å². The Morgan fingerprint density at radius 3 is 1.59 bits per heavy atom. The van der Waals surface area contributed by atoms with E-state index in [9.17, 15) is 0 Å². The number of aromatic nitrogens is 3. The normalized spacial score (nSPS) is 11.4. The van der Waals surface area contributed by atoms with Crippen molar-refractivity contribution in [1.82, 2.24) is 15.0 Å². The average Bonchev–Trinajstić information content (AvgIpc) is 3.45. The van der Waals surface area contributed by atoms with Gasteiger partial charge in [-0.25, -0.2) is 4.98 Å². The predicted octanol–water partition coefficient (Wildman–Crippen LogP) is 9.54. The standard InChI is InChI=1S/C37H23N3O/c1-3-7-33-31(5-1)35-36(40-33)32-6-2-4-8-34(32)41-37(35)27-11-9-24(10-12-27)28-21-29(25-13-17-38-18-14-25)23-30(22-28)26-15-19-39-20-16-26/h1-23H. The van der Waals surface area contributed by atoms with Crippen LogP contribution in [0.3, 0.4) is 0 Å². The van der Waals surface area contributed by atoms with E-state index in [2.05, 4.69) is 76.7 Å². The second-order valence-corrected chi connectivity index (χ2v) is 10.1. The van der Waals surface area contributed by atoms with Crippen molar-refractivity contribution in [1.29, 1.82) is 0 Å². The molecule has 8 rings (SSSR count). The van der Waals surface area contributed by atoms with Crippen LogP contribution in [0.4, 0.5) is 0 Å². The first kappa shape index (κ1) is 23.3. The number of hydrogen-bond donors (Lipinski definition) is 0. The summed E-state index contributed by atoms with van der Waals surface area (Å²) >= 11 is 0. The maximum atomic E-state index is 6.58. The van der Waals surface area contributed by atoms with E-state index >= 15 is 0 Å². The van der Waals surface area contributed by atoms with Crippen LogP contribution in [0.2, 0.25) is 0 Å². The molecule has 4 heterocycles. The zero-order chi connectivity index (χ0) is 27.2. The van der Waals surface area contributed by atoms with E-state index in [1.54, 1.807) is 0 Å². The minimum absolute atomic E-state index is 0.828. The molecule has 0 amide bonds. The molecule has 41 heavy (non-hydrogen) atoms.